The van der Waals surface area contributed by atoms with Gasteiger partial charge in [-0.05, 0) is 17.9 Å². The summed E-state index contributed by atoms with van der Waals surface area (Å²) in [6.07, 6.45) is 0.807. The highest BCUT2D eigenvalue weighted by Crippen LogP contribution is 2.19. The Morgan fingerprint density at radius 1 is 1.43 bits per heavy atom. The Labute approximate surface area is 126 Å². The number of hydrogen-bond donors (Lipinski definition) is 3. The van der Waals surface area contributed by atoms with Crippen LogP contribution in [-0.4, -0.2) is 48.1 Å². The van der Waals surface area contributed by atoms with E-state index in [1.807, 2.05) is 6.92 Å². The summed E-state index contributed by atoms with van der Waals surface area (Å²) in [5.74, 6) is -1.42. The van der Waals surface area contributed by atoms with Crippen LogP contribution in [0.3, 0.4) is 0 Å². The molecule has 0 bridgehead atoms. The largest absolute Gasteiger partial charge is 0.479 e. The van der Waals surface area contributed by atoms with Gasteiger partial charge < -0.3 is 20.6 Å². The Morgan fingerprint density at radius 2 is 2.14 bits per heavy atom. The first kappa shape index (κ1) is 17.0. The van der Waals surface area contributed by atoms with Gasteiger partial charge in [-0.15, -0.1) is 11.3 Å². The second-order valence-corrected chi connectivity index (χ2v) is 5.42. The molecule has 3 amide bonds. The van der Waals surface area contributed by atoms with Gasteiger partial charge in [0, 0.05) is 18.5 Å². The van der Waals surface area contributed by atoms with Gasteiger partial charge in [-0.2, -0.15) is 0 Å². The van der Waals surface area contributed by atoms with Crippen molar-refractivity contribution in [3.63, 3.8) is 0 Å². The molecule has 0 aliphatic heterocycles. The summed E-state index contributed by atoms with van der Waals surface area (Å²) in [6.45, 7) is 2.35. The average Bonchev–Trinajstić information content (AvgIpc) is 2.95. The first-order valence-electron chi connectivity index (χ1n) is 6.50. The summed E-state index contributed by atoms with van der Waals surface area (Å²) >= 11 is 1.24. The lowest BCUT2D eigenvalue weighted by Gasteiger charge is -2.20. The molecular weight excluding hydrogens is 294 g/mol. The molecule has 1 unspecified atom stereocenters. The molecule has 0 saturated carbocycles. The fourth-order valence-corrected chi connectivity index (χ4v) is 2.32. The maximum absolute atomic E-state index is 11.9. The van der Waals surface area contributed by atoms with Crippen LogP contribution in [0.15, 0.2) is 17.5 Å². The zero-order valence-electron chi connectivity index (χ0n) is 12.0. The first-order valence-corrected chi connectivity index (χ1v) is 7.38. The monoisotopic (exact) mass is 313 g/mol. The summed E-state index contributed by atoms with van der Waals surface area (Å²) in [7, 11) is 1.44. The molecule has 1 aromatic rings. The van der Waals surface area contributed by atoms with Crippen molar-refractivity contribution < 1.29 is 19.5 Å². The number of nitrogens with one attached hydrogen (secondary N) is 2. The highest BCUT2D eigenvalue weighted by atomic mass is 32.1. The lowest BCUT2D eigenvalue weighted by Crippen LogP contribution is -2.45. The van der Waals surface area contributed by atoms with Crippen LogP contribution < -0.4 is 10.6 Å². The van der Waals surface area contributed by atoms with E-state index in [0.29, 0.717) is 11.4 Å². The maximum atomic E-state index is 11.9. The zero-order chi connectivity index (χ0) is 15.8. The topological polar surface area (TPSA) is 98.7 Å². The molecule has 3 N–H and O–H groups in total. The molecular formula is C13H19N3O4S. The molecule has 0 aliphatic carbocycles. The third-order valence-electron chi connectivity index (χ3n) is 2.64. The molecule has 116 valence electrons. The molecule has 1 heterocycles. The molecule has 1 atom stereocenters. The number of carbonyl (C=O) groups excluding carboxylic acids is 2. The SMILES string of the molecule is CCCNC(=O)CN(C)C(=O)NC(C(=O)O)c1cccs1. The van der Waals surface area contributed by atoms with Crippen molar-refractivity contribution in [2.75, 3.05) is 20.1 Å². The van der Waals surface area contributed by atoms with Gasteiger partial charge in [0.05, 0.1) is 0 Å². The number of nitrogens with zero attached hydrogens (tertiary/aromatic N) is 1. The zero-order valence-corrected chi connectivity index (χ0v) is 12.8. The molecule has 0 fully saturated rings. The van der Waals surface area contributed by atoms with Crippen molar-refractivity contribution >= 4 is 29.2 Å². The van der Waals surface area contributed by atoms with Gasteiger partial charge in [-0.3, -0.25) is 4.79 Å². The average molecular weight is 313 g/mol. The van der Waals surface area contributed by atoms with Crippen LogP contribution in [0.2, 0.25) is 0 Å². The second-order valence-electron chi connectivity index (χ2n) is 4.44. The number of carboxylic acid groups (broad SMARTS) is 1. The third kappa shape index (κ3) is 5.42. The fraction of sp³-hybridized carbons (Fsp3) is 0.462. The number of carbonyl (C=O) groups is 3. The molecule has 0 aliphatic rings. The quantitative estimate of drug-likeness (QED) is 0.700. The van der Waals surface area contributed by atoms with E-state index in [2.05, 4.69) is 10.6 Å². The Hall–Kier alpha value is -2.09. The van der Waals surface area contributed by atoms with E-state index >= 15 is 0 Å². The number of urea groups is 1. The van der Waals surface area contributed by atoms with Crippen LogP contribution in [-0.2, 0) is 9.59 Å². The lowest BCUT2D eigenvalue weighted by molar-refractivity contribution is -0.139. The summed E-state index contributed by atoms with van der Waals surface area (Å²) in [6, 6.07) is 1.63. The normalized spacial score (nSPS) is 11.5. The van der Waals surface area contributed by atoms with E-state index in [1.165, 1.54) is 18.4 Å². The minimum Gasteiger partial charge on any atom is -0.479 e. The number of thiophene rings is 1. The number of likely N-dealkylation sites (N-methyl/N-ethyl adjacent to an activating group) is 1. The van der Waals surface area contributed by atoms with Crippen molar-refractivity contribution in [3.8, 4) is 0 Å². The number of hydrogen-bond acceptors (Lipinski definition) is 4. The summed E-state index contributed by atoms with van der Waals surface area (Å²) in [5, 5.41) is 15.9. The van der Waals surface area contributed by atoms with E-state index in [9.17, 15) is 14.4 Å². The van der Waals surface area contributed by atoms with Crippen LogP contribution in [0.1, 0.15) is 24.3 Å². The molecule has 0 saturated heterocycles. The fourth-order valence-electron chi connectivity index (χ4n) is 1.55. The van der Waals surface area contributed by atoms with Crippen LogP contribution in [0, 0.1) is 0 Å². The Kier molecular flexibility index (Phi) is 6.67. The minimum absolute atomic E-state index is 0.122. The van der Waals surface area contributed by atoms with Gasteiger partial charge in [0.2, 0.25) is 5.91 Å². The van der Waals surface area contributed by atoms with Crippen LogP contribution in [0.25, 0.3) is 0 Å². The highest BCUT2D eigenvalue weighted by Gasteiger charge is 2.25. The Morgan fingerprint density at radius 3 is 2.67 bits per heavy atom. The predicted molar refractivity (Wildman–Crippen MR) is 79.2 cm³/mol. The minimum atomic E-state index is -1.14. The molecule has 0 aromatic carbocycles. The van der Waals surface area contributed by atoms with Crippen LogP contribution in [0.4, 0.5) is 4.79 Å². The maximum Gasteiger partial charge on any atom is 0.331 e. The smallest absolute Gasteiger partial charge is 0.331 e. The number of aliphatic carboxylic acids is 1. The molecule has 0 radical (unpaired) electrons. The van der Waals surface area contributed by atoms with Crippen molar-refractivity contribution in [2.24, 2.45) is 0 Å². The van der Waals surface area contributed by atoms with E-state index in [1.54, 1.807) is 17.5 Å². The lowest BCUT2D eigenvalue weighted by atomic mass is 10.2. The van der Waals surface area contributed by atoms with E-state index < -0.39 is 18.0 Å². The van der Waals surface area contributed by atoms with Crippen LogP contribution in [0.5, 0.6) is 0 Å². The molecule has 1 aromatic heterocycles. The Bertz CT molecular complexity index is 490. The number of amides is 3. The first-order chi connectivity index (χ1) is 9.95. The van der Waals surface area contributed by atoms with Crippen molar-refractivity contribution in [1.82, 2.24) is 15.5 Å². The molecule has 0 spiro atoms. The van der Waals surface area contributed by atoms with Gasteiger partial charge in [-0.25, -0.2) is 9.59 Å². The summed E-state index contributed by atoms with van der Waals surface area (Å²) in [4.78, 5) is 36.3. The molecule has 21 heavy (non-hydrogen) atoms. The van der Waals surface area contributed by atoms with Crippen molar-refractivity contribution in [3.05, 3.63) is 22.4 Å². The van der Waals surface area contributed by atoms with Crippen LogP contribution >= 0.6 is 11.3 Å². The van der Waals surface area contributed by atoms with Gasteiger partial charge in [0.25, 0.3) is 0 Å². The summed E-state index contributed by atoms with van der Waals surface area (Å²) in [5.41, 5.74) is 0. The van der Waals surface area contributed by atoms with Crippen molar-refractivity contribution in [1.29, 1.82) is 0 Å². The second kappa shape index (κ2) is 8.25. The standard InChI is InChI=1S/C13H19N3O4S/c1-3-6-14-10(17)8-16(2)13(20)15-11(12(18)19)9-5-4-7-21-9/h4-5,7,11H,3,6,8H2,1-2H3,(H,14,17)(H,15,20)(H,18,19). The van der Waals surface area contributed by atoms with Gasteiger partial charge >= 0.3 is 12.0 Å². The molecule has 7 nitrogen and oxygen atoms in total. The third-order valence-corrected chi connectivity index (χ3v) is 3.58. The van der Waals surface area contributed by atoms with Gasteiger partial charge in [0.1, 0.15) is 6.54 Å². The van der Waals surface area contributed by atoms with E-state index in [4.69, 9.17) is 5.11 Å². The van der Waals surface area contributed by atoms with Gasteiger partial charge in [0.15, 0.2) is 6.04 Å². The number of rotatable bonds is 7. The Balaban J connectivity index is 2.57. The molecule has 1 rings (SSSR count). The highest BCUT2D eigenvalue weighted by molar-refractivity contribution is 7.10. The predicted octanol–water partition coefficient (Wildman–Crippen LogP) is 1.04. The van der Waals surface area contributed by atoms with E-state index in [-0.39, 0.29) is 12.5 Å². The number of carboxylic acids is 1. The summed E-state index contributed by atoms with van der Waals surface area (Å²) < 4.78 is 0. The van der Waals surface area contributed by atoms with E-state index in [0.717, 1.165) is 11.3 Å². The van der Waals surface area contributed by atoms with Crippen molar-refractivity contribution in [2.45, 2.75) is 19.4 Å². The van der Waals surface area contributed by atoms with Gasteiger partial charge in [-0.1, -0.05) is 13.0 Å². The molecule has 8 heteroatoms.